The summed E-state index contributed by atoms with van der Waals surface area (Å²) in [4.78, 5) is 11.7. The quantitative estimate of drug-likeness (QED) is 0.634. The Morgan fingerprint density at radius 1 is 1.43 bits per heavy atom. The second kappa shape index (κ2) is 4.79. The van der Waals surface area contributed by atoms with Gasteiger partial charge in [-0.1, -0.05) is 0 Å². The van der Waals surface area contributed by atoms with Gasteiger partial charge in [0.1, 0.15) is 0 Å². The molecule has 0 spiro atoms. The number of hydrogen-bond acceptors (Lipinski definition) is 2. The standard InChI is InChI=1S/C10H17IN2O/c11-13-5-1-2-9(7-13)10(14)12-6-8-3-4-8/h8-9H,1-7H2,(H,12,14). The van der Waals surface area contributed by atoms with Crippen LogP contribution < -0.4 is 5.32 Å². The first kappa shape index (κ1) is 10.7. The van der Waals surface area contributed by atoms with Crippen molar-refractivity contribution in [2.24, 2.45) is 11.8 Å². The van der Waals surface area contributed by atoms with Crippen LogP contribution in [0.5, 0.6) is 0 Å². The van der Waals surface area contributed by atoms with Crippen molar-refractivity contribution >= 4 is 28.8 Å². The summed E-state index contributed by atoms with van der Waals surface area (Å²) >= 11 is 2.31. The zero-order chi connectivity index (χ0) is 9.97. The summed E-state index contributed by atoms with van der Waals surface area (Å²) in [5.74, 6) is 1.30. The molecular formula is C10H17IN2O. The van der Waals surface area contributed by atoms with Crippen LogP contribution in [0.2, 0.25) is 0 Å². The van der Waals surface area contributed by atoms with Crippen molar-refractivity contribution < 1.29 is 4.79 Å². The van der Waals surface area contributed by atoms with Gasteiger partial charge in [-0.15, -0.1) is 0 Å². The Morgan fingerprint density at radius 3 is 2.86 bits per heavy atom. The van der Waals surface area contributed by atoms with Gasteiger partial charge in [0, 0.05) is 42.5 Å². The van der Waals surface area contributed by atoms with Crippen LogP contribution in [-0.2, 0) is 4.79 Å². The molecule has 14 heavy (non-hydrogen) atoms. The molecule has 1 amide bonds. The van der Waals surface area contributed by atoms with Crippen LogP contribution in [0.3, 0.4) is 0 Å². The monoisotopic (exact) mass is 308 g/mol. The van der Waals surface area contributed by atoms with Gasteiger partial charge in [-0.2, -0.15) is 0 Å². The van der Waals surface area contributed by atoms with Crippen LogP contribution in [0.25, 0.3) is 0 Å². The molecule has 80 valence electrons. The van der Waals surface area contributed by atoms with E-state index in [9.17, 15) is 4.79 Å². The molecule has 1 saturated heterocycles. The molecule has 0 aromatic heterocycles. The summed E-state index contributed by atoms with van der Waals surface area (Å²) in [6.45, 7) is 2.97. The molecule has 2 aliphatic rings. The maximum atomic E-state index is 11.7. The second-order valence-corrected chi connectivity index (χ2v) is 5.76. The molecule has 1 unspecified atom stereocenters. The van der Waals surface area contributed by atoms with E-state index >= 15 is 0 Å². The Hall–Kier alpha value is 0.160. The normalized spacial score (nSPS) is 28.8. The highest BCUT2D eigenvalue weighted by molar-refractivity contribution is 14.1. The van der Waals surface area contributed by atoms with Gasteiger partial charge in [-0.3, -0.25) is 4.79 Å². The van der Waals surface area contributed by atoms with E-state index in [0.717, 1.165) is 38.4 Å². The number of nitrogens with one attached hydrogen (secondary N) is 1. The number of carbonyl (C=O) groups excluding carboxylic acids is 1. The third-order valence-electron chi connectivity index (χ3n) is 3.00. The molecule has 2 rings (SSSR count). The SMILES string of the molecule is O=C(NCC1CC1)C1CCCN(I)C1. The fourth-order valence-electron chi connectivity index (χ4n) is 1.86. The summed E-state index contributed by atoms with van der Waals surface area (Å²) in [6, 6.07) is 0. The Bertz CT molecular complexity index is 218. The lowest BCUT2D eigenvalue weighted by atomic mass is 9.99. The molecule has 1 atom stereocenters. The van der Waals surface area contributed by atoms with Gasteiger partial charge in [0.05, 0.1) is 5.92 Å². The van der Waals surface area contributed by atoms with Gasteiger partial charge < -0.3 is 5.32 Å². The first-order valence-corrected chi connectivity index (χ1v) is 6.40. The number of nitrogens with zero attached hydrogens (tertiary/aromatic N) is 1. The Kier molecular flexibility index (Phi) is 3.65. The van der Waals surface area contributed by atoms with E-state index in [-0.39, 0.29) is 11.8 Å². The molecule has 1 heterocycles. The zero-order valence-electron chi connectivity index (χ0n) is 8.34. The largest absolute Gasteiger partial charge is 0.356 e. The zero-order valence-corrected chi connectivity index (χ0v) is 10.5. The fraction of sp³-hybridized carbons (Fsp3) is 0.900. The average Bonchev–Trinajstić information content (AvgIpc) is 2.97. The van der Waals surface area contributed by atoms with Crippen LogP contribution in [0.1, 0.15) is 25.7 Å². The van der Waals surface area contributed by atoms with Crippen LogP contribution in [0, 0.1) is 11.8 Å². The maximum Gasteiger partial charge on any atom is 0.224 e. The number of halogens is 1. The number of piperidine rings is 1. The minimum absolute atomic E-state index is 0.236. The predicted octanol–water partition coefficient (Wildman–Crippen LogP) is 1.57. The van der Waals surface area contributed by atoms with Crippen molar-refractivity contribution in [1.29, 1.82) is 0 Å². The Balaban J connectivity index is 1.71. The van der Waals surface area contributed by atoms with E-state index in [1.807, 2.05) is 0 Å². The van der Waals surface area contributed by atoms with Crippen molar-refractivity contribution in [2.75, 3.05) is 19.6 Å². The molecule has 3 nitrogen and oxygen atoms in total. The molecular weight excluding hydrogens is 291 g/mol. The van der Waals surface area contributed by atoms with E-state index in [4.69, 9.17) is 0 Å². The van der Waals surface area contributed by atoms with Crippen LogP contribution >= 0.6 is 22.9 Å². The summed E-state index contributed by atoms with van der Waals surface area (Å²) in [7, 11) is 0. The van der Waals surface area contributed by atoms with E-state index in [2.05, 4.69) is 31.3 Å². The van der Waals surface area contributed by atoms with E-state index in [1.165, 1.54) is 12.8 Å². The molecule has 1 saturated carbocycles. The highest BCUT2D eigenvalue weighted by Gasteiger charge is 2.27. The topological polar surface area (TPSA) is 32.3 Å². The molecule has 0 aromatic carbocycles. The molecule has 1 aliphatic carbocycles. The summed E-state index contributed by atoms with van der Waals surface area (Å²) in [5.41, 5.74) is 0. The second-order valence-electron chi connectivity index (χ2n) is 4.40. The number of amides is 1. The molecule has 1 N–H and O–H groups in total. The highest BCUT2D eigenvalue weighted by Crippen LogP contribution is 2.28. The maximum absolute atomic E-state index is 11.7. The minimum atomic E-state index is 0.236. The summed E-state index contributed by atoms with van der Waals surface area (Å²) in [5, 5.41) is 3.07. The number of rotatable bonds is 3. The van der Waals surface area contributed by atoms with Crippen LogP contribution in [-0.4, -0.2) is 28.7 Å². The molecule has 2 fully saturated rings. The van der Waals surface area contributed by atoms with Gasteiger partial charge in [0.15, 0.2) is 0 Å². The number of hydrogen-bond donors (Lipinski definition) is 1. The Labute approximate surface area is 99.1 Å². The predicted molar refractivity (Wildman–Crippen MR) is 64.1 cm³/mol. The van der Waals surface area contributed by atoms with Gasteiger partial charge in [-0.05, 0) is 31.6 Å². The minimum Gasteiger partial charge on any atom is -0.356 e. The summed E-state index contributed by atoms with van der Waals surface area (Å²) in [6.07, 6.45) is 4.84. The van der Waals surface area contributed by atoms with Crippen molar-refractivity contribution in [2.45, 2.75) is 25.7 Å². The lowest BCUT2D eigenvalue weighted by Crippen LogP contribution is -2.40. The molecule has 1 aliphatic heterocycles. The first-order valence-electron chi connectivity index (χ1n) is 5.44. The molecule has 0 aromatic rings. The van der Waals surface area contributed by atoms with E-state index < -0.39 is 0 Å². The Morgan fingerprint density at radius 2 is 2.21 bits per heavy atom. The van der Waals surface area contributed by atoms with Crippen molar-refractivity contribution in [3.63, 3.8) is 0 Å². The van der Waals surface area contributed by atoms with Crippen molar-refractivity contribution in [3.8, 4) is 0 Å². The third kappa shape index (κ3) is 3.08. The highest BCUT2D eigenvalue weighted by atomic mass is 127. The molecule has 4 heteroatoms. The average molecular weight is 308 g/mol. The smallest absolute Gasteiger partial charge is 0.224 e. The van der Waals surface area contributed by atoms with Gasteiger partial charge in [-0.25, -0.2) is 3.11 Å². The van der Waals surface area contributed by atoms with E-state index in [1.54, 1.807) is 0 Å². The van der Waals surface area contributed by atoms with Crippen LogP contribution in [0.15, 0.2) is 0 Å². The lowest BCUT2D eigenvalue weighted by molar-refractivity contribution is -0.125. The first-order chi connectivity index (χ1) is 6.75. The van der Waals surface area contributed by atoms with Crippen molar-refractivity contribution in [3.05, 3.63) is 0 Å². The third-order valence-corrected chi connectivity index (χ3v) is 3.88. The van der Waals surface area contributed by atoms with Gasteiger partial charge >= 0.3 is 0 Å². The van der Waals surface area contributed by atoms with E-state index in [0.29, 0.717) is 0 Å². The molecule has 0 bridgehead atoms. The lowest BCUT2D eigenvalue weighted by Gasteiger charge is -2.27. The fourth-order valence-corrected chi connectivity index (χ4v) is 2.67. The van der Waals surface area contributed by atoms with Crippen molar-refractivity contribution in [1.82, 2.24) is 8.43 Å². The molecule has 0 radical (unpaired) electrons. The van der Waals surface area contributed by atoms with Gasteiger partial charge in [0.2, 0.25) is 5.91 Å². The summed E-state index contributed by atoms with van der Waals surface area (Å²) < 4.78 is 2.22. The van der Waals surface area contributed by atoms with Gasteiger partial charge in [0.25, 0.3) is 0 Å². The number of carbonyl (C=O) groups is 1. The van der Waals surface area contributed by atoms with Crippen LogP contribution in [0.4, 0.5) is 0 Å².